The maximum absolute atomic E-state index is 12.4. The first-order chi connectivity index (χ1) is 11.4. The van der Waals surface area contributed by atoms with Crippen LogP contribution in [-0.2, 0) is 10.0 Å². The first-order valence-electron chi connectivity index (χ1n) is 7.79. The average molecular weight is 366 g/mol. The van der Waals surface area contributed by atoms with Crippen molar-refractivity contribution < 1.29 is 8.42 Å². The van der Waals surface area contributed by atoms with Crippen LogP contribution in [0.15, 0.2) is 47.9 Å². The summed E-state index contributed by atoms with van der Waals surface area (Å²) in [5, 5.41) is 5.05. The van der Waals surface area contributed by atoms with Crippen LogP contribution in [0.5, 0.6) is 0 Å². The van der Waals surface area contributed by atoms with E-state index >= 15 is 0 Å². The number of benzene rings is 1. The predicted octanol–water partition coefficient (Wildman–Crippen LogP) is 2.06. The molecule has 0 spiro atoms. The summed E-state index contributed by atoms with van der Waals surface area (Å²) in [5.74, 6) is 0. The summed E-state index contributed by atoms with van der Waals surface area (Å²) in [4.78, 5) is 1.99. The second-order valence-corrected chi connectivity index (χ2v) is 7.97. The summed E-state index contributed by atoms with van der Waals surface area (Å²) >= 11 is 5.33. The van der Waals surface area contributed by atoms with Gasteiger partial charge in [-0.3, -0.25) is 0 Å². The third kappa shape index (κ3) is 5.43. The molecule has 1 N–H and O–H groups in total. The highest BCUT2D eigenvalue weighted by Gasteiger charge is 2.25. The minimum absolute atomic E-state index is 0.427. The van der Waals surface area contributed by atoms with Gasteiger partial charge in [-0.15, -0.1) is 0 Å². The van der Waals surface area contributed by atoms with Crippen molar-refractivity contribution in [3.05, 3.63) is 53.5 Å². The Balaban J connectivity index is 1.90. The van der Waals surface area contributed by atoms with Gasteiger partial charge in [-0.25, -0.2) is 8.42 Å². The van der Waals surface area contributed by atoms with Gasteiger partial charge in [0.05, 0.1) is 0 Å². The second kappa shape index (κ2) is 8.41. The molecule has 0 unspecified atom stereocenters. The maximum Gasteiger partial charge on any atom is 0.236 e. The molecule has 1 saturated heterocycles. The summed E-state index contributed by atoms with van der Waals surface area (Å²) in [7, 11) is -3.41. The van der Waals surface area contributed by atoms with Crippen LogP contribution in [0, 0.1) is 0 Å². The van der Waals surface area contributed by atoms with E-state index in [4.69, 9.17) is 12.2 Å². The number of piperazine rings is 1. The first-order valence-corrected chi connectivity index (χ1v) is 9.70. The standard InChI is InChI=1S/C17H23N3O2S2/c1-15(2)14-18-17(23)19-9-11-20(12-10-19)24(21,22)13-8-16-6-4-3-5-7-16/h3-8,13H,1,9-12,14H2,2H3,(H,18,23)/b13-8+. The Morgan fingerprint density at radius 1 is 1.25 bits per heavy atom. The van der Waals surface area contributed by atoms with E-state index in [2.05, 4.69) is 11.9 Å². The lowest BCUT2D eigenvalue weighted by Crippen LogP contribution is -2.52. The Labute approximate surface area is 149 Å². The van der Waals surface area contributed by atoms with E-state index in [1.165, 1.54) is 9.71 Å². The molecule has 24 heavy (non-hydrogen) atoms. The van der Waals surface area contributed by atoms with E-state index in [-0.39, 0.29) is 0 Å². The molecule has 1 heterocycles. The van der Waals surface area contributed by atoms with Gasteiger partial charge in [0.15, 0.2) is 5.11 Å². The van der Waals surface area contributed by atoms with Crippen molar-refractivity contribution >= 4 is 33.4 Å². The smallest absolute Gasteiger partial charge is 0.236 e. The Morgan fingerprint density at radius 3 is 2.46 bits per heavy atom. The fourth-order valence-corrected chi connectivity index (χ4v) is 3.73. The van der Waals surface area contributed by atoms with E-state index in [0.717, 1.165) is 11.1 Å². The van der Waals surface area contributed by atoms with E-state index in [0.29, 0.717) is 37.8 Å². The van der Waals surface area contributed by atoms with Crippen molar-refractivity contribution in [2.75, 3.05) is 32.7 Å². The number of rotatable bonds is 5. The Kier molecular flexibility index (Phi) is 6.53. The molecule has 0 atom stereocenters. The van der Waals surface area contributed by atoms with Gasteiger partial charge in [-0.05, 0) is 30.8 Å². The molecule has 0 aromatic heterocycles. The van der Waals surface area contributed by atoms with E-state index in [1.54, 1.807) is 6.08 Å². The largest absolute Gasteiger partial charge is 0.359 e. The number of nitrogens with one attached hydrogen (secondary N) is 1. The first kappa shape index (κ1) is 18.6. The zero-order valence-corrected chi connectivity index (χ0v) is 15.4. The number of hydrogen-bond acceptors (Lipinski definition) is 3. The predicted molar refractivity (Wildman–Crippen MR) is 103 cm³/mol. The molecule has 130 valence electrons. The van der Waals surface area contributed by atoms with Crippen molar-refractivity contribution in [1.82, 2.24) is 14.5 Å². The van der Waals surface area contributed by atoms with Gasteiger partial charge in [-0.1, -0.05) is 42.5 Å². The normalized spacial score (nSPS) is 16.3. The quantitative estimate of drug-likeness (QED) is 0.639. The van der Waals surface area contributed by atoms with Crippen LogP contribution >= 0.6 is 12.2 Å². The zero-order valence-electron chi connectivity index (χ0n) is 13.8. The minimum atomic E-state index is -3.41. The van der Waals surface area contributed by atoms with Crippen molar-refractivity contribution in [2.24, 2.45) is 0 Å². The van der Waals surface area contributed by atoms with Crippen LogP contribution in [0.4, 0.5) is 0 Å². The van der Waals surface area contributed by atoms with Gasteiger partial charge >= 0.3 is 0 Å². The lowest BCUT2D eigenvalue weighted by atomic mass is 10.2. The van der Waals surface area contributed by atoms with Crippen LogP contribution in [0.3, 0.4) is 0 Å². The molecule has 1 aliphatic heterocycles. The fraction of sp³-hybridized carbons (Fsp3) is 0.353. The molecule has 7 heteroatoms. The Morgan fingerprint density at radius 2 is 1.88 bits per heavy atom. The molecule has 1 aromatic rings. The van der Waals surface area contributed by atoms with Crippen LogP contribution in [0.25, 0.3) is 6.08 Å². The van der Waals surface area contributed by atoms with Crippen LogP contribution in [-0.4, -0.2) is 55.5 Å². The summed E-state index contributed by atoms with van der Waals surface area (Å²) in [5.41, 5.74) is 1.87. The molecule has 0 radical (unpaired) electrons. The van der Waals surface area contributed by atoms with Crippen LogP contribution in [0.2, 0.25) is 0 Å². The zero-order chi connectivity index (χ0) is 17.6. The molecule has 0 aliphatic carbocycles. The number of thiocarbonyl (C=S) groups is 1. The van der Waals surface area contributed by atoms with Gasteiger partial charge in [0.1, 0.15) is 0 Å². The summed E-state index contributed by atoms with van der Waals surface area (Å²) < 4.78 is 26.3. The minimum Gasteiger partial charge on any atom is -0.359 e. The van der Waals surface area contributed by atoms with E-state index in [9.17, 15) is 8.42 Å². The monoisotopic (exact) mass is 365 g/mol. The number of hydrogen-bond donors (Lipinski definition) is 1. The van der Waals surface area contributed by atoms with Crippen molar-refractivity contribution in [2.45, 2.75) is 6.92 Å². The van der Waals surface area contributed by atoms with Gasteiger partial charge in [0.2, 0.25) is 10.0 Å². The lowest BCUT2D eigenvalue weighted by Gasteiger charge is -2.35. The highest BCUT2D eigenvalue weighted by atomic mass is 32.2. The van der Waals surface area contributed by atoms with Gasteiger partial charge in [0, 0.05) is 38.1 Å². The van der Waals surface area contributed by atoms with E-state index in [1.807, 2.05) is 42.2 Å². The van der Waals surface area contributed by atoms with Gasteiger partial charge in [-0.2, -0.15) is 4.31 Å². The summed E-state index contributed by atoms with van der Waals surface area (Å²) in [6.45, 7) is 8.41. The maximum atomic E-state index is 12.4. The van der Waals surface area contributed by atoms with Crippen molar-refractivity contribution in [3.8, 4) is 0 Å². The molecule has 5 nitrogen and oxygen atoms in total. The van der Waals surface area contributed by atoms with Crippen molar-refractivity contribution in [1.29, 1.82) is 0 Å². The number of sulfonamides is 1. The molecule has 1 aliphatic rings. The van der Waals surface area contributed by atoms with E-state index < -0.39 is 10.0 Å². The third-order valence-corrected chi connectivity index (χ3v) is 5.63. The molecule has 1 aromatic carbocycles. The highest BCUT2D eigenvalue weighted by molar-refractivity contribution is 7.92. The van der Waals surface area contributed by atoms with Crippen molar-refractivity contribution in [3.63, 3.8) is 0 Å². The van der Waals surface area contributed by atoms with Gasteiger partial charge < -0.3 is 10.2 Å². The molecule has 0 amide bonds. The second-order valence-electron chi connectivity index (χ2n) is 5.76. The molecule has 0 saturated carbocycles. The van der Waals surface area contributed by atoms with Gasteiger partial charge in [0.25, 0.3) is 0 Å². The molecular formula is C17H23N3O2S2. The molecular weight excluding hydrogens is 342 g/mol. The molecule has 1 fully saturated rings. The summed E-state index contributed by atoms with van der Waals surface area (Å²) in [6, 6.07) is 9.40. The third-order valence-electron chi connectivity index (χ3n) is 3.66. The summed E-state index contributed by atoms with van der Waals surface area (Å²) in [6.07, 6.45) is 1.63. The SMILES string of the molecule is C=C(C)CNC(=S)N1CCN(S(=O)(=O)/C=C/c2ccccc2)CC1. The molecule has 0 bridgehead atoms. The fourth-order valence-electron chi connectivity index (χ4n) is 2.30. The topological polar surface area (TPSA) is 52.6 Å². The highest BCUT2D eigenvalue weighted by Crippen LogP contribution is 2.11. The molecule has 2 rings (SSSR count). The Hall–Kier alpha value is -1.70. The van der Waals surface area contributed by atoms with Crippen LogP contribution < -0.4 is 5.32 Å². The lowest BCUT2D eigenvalue weighted by molar-refractivity contribution is 0.266. The van der Waals surface area contributed by atoms with Crippen LogP contribution in [0.1, 0.15) is 12.5 Å². The Bertz CT molecular complexity index is 707. The average Bonchev–Trinajstić information content (AvgIpc) is 2.59. The number of nitrogens with zero attached hydrogens (tertiary/aromatic N) is 2.